The van der Waals surface area contributed by atoms with Crippen molar-refractivity contribution in [2.24, 2.45) is 7.05 Å². The van der Waals surface area contributed by atoms with E-state index in [2.05, 4.69) is 20.2 Å². The lowest BCUT2D eigenvalue weighted by Crippen LogP contribution is -2.15. The molecule has 0 fully saturated rings. The number of carbonyl (C=O) groups is 1. The third-order valence-corrected chi connectivity index (χ3v) is 4.60. The maximum Gasteiger partial charge on any atom is 0.318 e. The van der Waals surface area contributed by atoms with E-state index in [4.69, 9.17) is 4.74 Å². The molecular weight excluding hydrogens is 310 g/mol. The molecule has 0 aliphatic carbocycles. The molecule has 2 aromatic rings. The highest BCUT2D eigenvalue weighted by Crippen LogP contribution is 2.24. The minimum absolute atomic E-state index is 0.281. The first-order valence-corrected chi connectivity index (χ1v) is 8.01. The Kier molecular flexibility index (Phi) is 5.57. The van der Waals surface area contributed by atoms with Crippen LogP contribution in [0.5, 0.6) is 0 Å². The monoisotopic (exact) mass is 325 g/mol. The van der Waals surface area contributed by atoms with E-state index in [1.54, 1.807) is 25.4 Å². The topological polar surface area (TPSA) is 82.8 Å². The summed E-state index contributed by atoms with van der Waals surface area (Å²) in [6.45, 7) is 1.78. The van der Waals surface area contributed by atoms with Crippen LogP contribution in [0.25, 0.3) is 0 Å². The summed E-state index contributed by atoms with van der Waals surface area (Å²) in [5.41, 5.74) is 0. The molecule has 0 saturated heterocycles. The molecule has 2 aromatic heterocycles. The third-order valence-electron chi connectivity index (χ3n) is 2.61. The number of thioether (sulfide) groups is 2. The second kappa shape index (κ2) is 7.41. The van der Waals surface area contributed by atoms with Crippen molar-refractivity contribution in [1.82, 2.24) is 24.7 Å². The summed E-state index contributed by atoms with van der Waals surface area (Å²) in [6, 6.07) is 1.77. The standard InChI is InChI=1S/C12H15N5O2S2/c1-8(10(18)19-3)21-12-16-15-9(17(12)2)7-20-11-13-5-4-6-14-11/h4-6,8H,7H2,1-3H3/t8-/m1/s1. The Bertz CT molecular complexity index is 605. The van der Waals surface area contributed by atoms with Crippen molar-refractivity contribution in [1.29, 1.82) is 0 Å². The van der Waals surface area contributed by atoms with Crippen LogP contribution in [-0.4, -0.2) is 43.1 Å². The normalized spacial score (nSPS) is 12.1. The predicted molar refractivity (Wildman–Crippen MR) is 79.9 cm³/mol. The van der Waals surface area contributed by atoms with Crippen molar-refractivity contribution >= 4 is 29.5 Å². The molecule has 7 nitrogen and oxygen atoms in total. The van der Waals surface area contributed by atoms with Crippen molar-refractivity contribution in [3.05, 3.63) is 24.3 Å². The third kappa shape index (κ3) is 4.18. The zero-order valence-corrected chi connectivity index (χ0v) is 13.5. The molecule has 0 aliphatic rings. The molecule has 0 spiro atoms. The highest BCUT2D eigenvalue weighted by molar-refractivity contribution is 8.00. The number of hydrogen-bond acceptors (Lipinski definition) is 8. The Labute approximate surface area is 130 Å². The molecule has 2 rings (SSSR count). The maximum atomic E-state index is 11.4. The van der Waals surface area contributed by atoms with Gasteiger partial charge < -0.3 is 9.30 Å². The molecule has 21 heavy (non-hydrogen) atoms. The van der Waals surface area contributed by atoms with Gasteiger partial charge in [0.15, 0.2) is 10.3 Å². The van der Waals surface area contributed by atoms with Gasteiger partial charge in [0.25, 0.3) is 0 Å². The van der Waals surface area contributed by atoms with Gasteiger partial charge in [-0.25, -0.2) is 9.97 Å². The van der Waals surface area contributed by atoms with Crippen molar-refractivity contribution in [2.45, 2.75) is 28.2 Å². The summed E-state index contributed by atoms with van der Waals surface area (Å²) in [4.78, 5) is 19.7. The SMILES string of the molecule is COC(=O)[C@@H](C)Sc1nnc(CSc2ncccn2)n1C. The molecule has 0 N–H and O–H groups in total. The number of rotatable bonds is 6. The number of methoxy groups -OCH3 is 1. The van der Waals surface area contributed by atoms with Crippen LogP contribution in [0.1, 0.15) is 12.7 Å². The molecule has 0 radical (unpaired) electrons. The fourth-order valence-electron chi connectivity index (χ4n) is 1.43. The average molecular weight is 325 g/mol. The van der Waals surface area contributed by atoms with Crippen LogP contribution in [-0.2, 0) is 22.3 Å². The zero-order valence-electron chi connectivity index (χ0n) is 11.9. The Morgan fingerprint density at radius 3 is 2.76 bits per heavy atom. The molecule has 112 valence electrons. The summed E-state index contributed by atoms with van der Waals surface area (Å²) < 4.78 is 6.56. The largest absolute Gasteiger partial charge is 0.468 e. The van der Waals surface area contributed by atoms with E-state index in [1.807, 2.05) is 11.6 Å². The van der Waals surface area contributed by atoms with Gasteiger partial charge in [0, 0.05) is 19.4 Å². The lowest BCUT2D eigenvalue weighted by atomic mass is 10.5. The molecule has 0 saturated carbocycles. The van der Waals surface area contributed by atoms with Gasteiger partial charge in [0.05, 0.1) is 12.9 Å². The van der Waals surface area contributed by atoms with Crippen LogP contribution in [0, 0.1) is 0 Å². The van der Waals surface area contributed by atoms with E-state index in [0.717, 1.165) is 5.82 Å². The molecule has 0 aliphatic heterocycles. The first-order valence-electron chi connectivity index (χ1n) is 6.14. The molecule has 0 bridgehead atoms. The summed E-state index contributed by atoms with van der Waals surface area (Å²) in [6.07, 6.45) is 3.40. The van der Waals surface area contributed by atoms with Gasteiger partial charge in [-0.3, -0.25) is 4.79 Å². The quantitative estimate of drug-likeness (QED) is 0.449. The number of esters is 1. The van der Waals surface area contributed by atoms with Gasteiger partial charge in [-0.2, -0.15) is 0 Å². The van der Waals surface area contributed by atoms with Crippen LogP contribution in [0.3, 0.4) is 0 Å². The van der Waals surface area contributed by atoms with Gasteiger partial charge in [-0.1, -0.05) is 23.5 Å². The van der Waals surface area contributed by atoms with Crippen molar-refractivity contribution in [3.8, 4) is 0 Å². The van der Waals surface area contributed by atoms with E-state index in [9.17, 15) is 4.79 Å². The lowest BCUT2D eigenvalue weighted by Gasteiger charge is -2.08. The fraction of sp³-hybridized carbons (Fsp3) is 0.417. The molecular formula is C12H15N5O2S2. The van der Waals surface area contributed by atoms with E-state index in [1.165, 1.54) is 30.6 Å². The Morgan fingerprint density at radius 1 is 1.38 bits per heavy atom. The van der Waals surface area contributed by atoms with Crippen LogP contribution in [0.15, 0.2) is 28.8 Å². The van der Waals surface area contributed by atoms with Crippen LogP contribution < -0.4 is 0 Å². The molecule has 0 aromatic carbocycles. The van der Waals surface area contributed by atoms with Crippen molar-refractivity contribution in [3.63, 3.8) is 0 Å². The van der Waals surface area contributed by atoms with Crippen LogP contribution >= 0.6 is 23.5 Å². The average Bonchev–Trinajstić information content (AvgIpc) is 2.86. The smallest absolute Gasteiger partial charge is 0.318 e. The summed E-state index contributed by atoms with van der Waals surface area (Å²) in [5.74, 6) is 1.13. The summed E-state index contributed by atoms with van der Waals surface area (Å²) in [5, 5.41) is 9.28. The second-order valence-corrected chi connectivity index (χ2v) is 6.31. The maximum absolute atomic E-state index is 11.4. The fourth-order valence-corrected chi connectivity index (χ4v) is 3.08. The lowest BCUT2D eigenvalue weighted by molar-refractivity contribution is -0.139. The Hall–Kier alpha value is -1.61. The Balaban J connectivity index is 1.98. The van der Waals surface area contributed by atoms with Crippen LogP contribution in [0.4, 0.5) is 0 Å². The second-order valence-electron chi connectivity index (χ2n) is 4.06. The number of ether oxygens (including phenoxy) is 1. The molecule has 9 heteroatoms. The molecule has 1 atom stereocenters. The minimum atomic E-state index is -0.323. The van der Waals surface area contributed by atoms with Crippen molar-refractivity contribution < 1.29 is 9.53 Å². The summed E-state index contributed by atoms with van der Waals surface area (Å²) >= 11 is 2.80. The van der Waals surface area contributed by atoms with E-state index >= 15 is 0 Å². The molecule has 0 amide bonds. The van der Waals surface area contributed by atoms with Crippen LogP contribution in [0.2, 0.25) is 0 Å². The first-order chi connectivity index (χ1) is 10.1. The van der Waals surface area contributed by atoms with Gasteiger partial charge >= 0.3 is 5.97 Å². The first kappa shape index (κ1) is 15.8. The number of aromatic nitrogens is 5. The number of hydrogen-bond donors (Lipinski definition) is 0. The van der Waals surface area contributed by atoms with Gasteiger partial charge in [-0.05, 0) is 13.0 Å². The Morgan fingerprint density at radius 2 is 2.10 bits per heavy atom. The van der Waals surface area contributed by atoms with E-state index in [0.29, 0.717) is 16.1 Å². The van der Waals surface area contributed by atoms with Gasteiger partial charge in [-0.15, -0.1) is 10.2 Å². The summed E-state index contributed by atoms with van der Waals surface area (Å²) in [7, 11) is 3.24. The van der Waals surface area contributed by atoms with E-state index < -0.39 is 0 Å². The number of carbonyl (C=O) groups excluding carboxylic acids is 1. The molecule has 2 heterocycles. The van der Waals surface area contributed by atoms with Gasteiger partial charge in [0.2, 0.25) is 0 Å². The minimum Gasteiger partial charge on any atom is -0.468 e. The highest BCUT2D eigenvalue weighted by Gasteiger charge is 2.19. The predicted octanol–water partition coefficient (Wildman–Crippen LogP) is 1.55. The number of nitrogens with zero attached hydrogens (tertiary/aromatic N) is 5. The zero-order chi connectivity index (χ0) is 15.2. The highest BCUT2D eigenvalue weighted by atomic mass is 32.2. The van der Waals surface area contributed by atoms with Gasteiger partial charge in [0.1, 0.15) is 11.1 Å². The van der Waals surface area contributed by atoms with Crippen molar-refractivity contribution in [2.75, 3.05) is 7.11 Å². The molecule has 0 unspecified atom stereocenters. The van der Waals surface area contributed by atoms with E-state index in [-0.39, 0.29) is 11.2 Å².